The van der Waals surface area contributed by atoms with Crippen LogP contribution in [0.4, 0.5) is 5.69 Å². The Kier molecular flexibility index (Phi) is 5.44. The number of esters is 1. The number of carbonyl (C=O) groups excluding carboxylic acids is 2. The zero-order chi connectivity index (χ0) is 17.1. The van der Waals surface area contributed by atoms with Crippen LogP contribution in [0.15, 0.2) is 24.3 Å². The molecule has 122 valence electrons. The van der Waals surface area contributed by atoms with Crippen molar-refractivity contribution in [3.63, 3.8) is 0 Å². The van der Waals surface area contributed by atoms with Crippen LogP contribution in [-0.2, 0) is 9.53 Å². The van der Waals surface area contributed by atoms with E-state index < -0.39 is 18.0 Å². The normalized spacial score (nSPS) is 11.9. The highest BCUT2D eigenvalue weighted by Gasteiger charge is 2.21. The molecule has 0 unspecified atom stereocenters. The van der Waals surface area contributed by atoms with Gasteiger partial charge in [-0.15, -0.1) is 11.3 Å². The molecule has 1 N–H and O–H groups in total. The molecule has 0 radical (unpaired) electrons. The lowest BCUT2D eigenvalue weighted by molar-refractivity contribution is -0.123. The SMILES string of the molecule is Cc1cc(C(=O)O[C@@H](C)C(=O)Nc2cccc(Cl)c2C)c(C)s1. The van der Waals surface area contributed by atoms with E-state index >= 15 is 0 Å². The molecule has 0 aliphatic rings. The van der Waals surface area contributed by atoms with E-state index in [1.54, 1.807) is 31.2 Å². The van der Waals surface area contributed by atoms with Crippen molar-refractivity contribution in [3.8, 4) is 0 Å². The van der Waals surface area contributed by atoms with Gasteiger partial charge in [-0.3, -0.25) is 4.79 Å². The van der Waals surface area contributed by atoms with Crippen LogP contribution in [0.1, 0.15) is 32.6 Å². The van der Waals surface area contributed by atoms with Crippen LogP contribution in [0.3, 0.4) is 0 Å². The number of benzene rings is 1. The summed E-state index contributed by atoms with van der Waals surface area (Å²) in [4.78, 5) is 26.3. The Morgan fingerprint density at radius 3 is 2.57 bits per heavy atom. The summed E-state index contributed by atoms with van der Waals surface area (Å²) in [5, 5.41) is 3.30. The first kappa shape index (κ1) is 17.5. The zero-order valence-corrected chi connectivity index (χ0v) is 15.0. The molecule has 4 nitrogen and oxygen atoms in total. The number of hydrogen-bond acceptors (Lipinski definition) is 4. The third kappa shape index (κ3) is 4.12. The number of carbonyl (C=O) groups is 2. The Hall–Kier alpha value is -1.85. The minimum absolute atomic E-state index is 0.395. The largest absolute Gasteiger partial charge is 0.449 e. The fraction of sp³-hybridized carbons (Fsp3) is 0.294. The van der Waals surface area contributed by atoms with Crippen molar-refractivity contribution >= 4 is 40.5 Å². The van der Waals surface area contributed by atoms with Crippen LogP contribution < -0.4 is 5.32 Å². The third-order valence-corrected chi connectivity index (χ3v) is 4.81. The second-order valence-electron chi connectivity index (χ2n) is 5.28. The Morgan fingerprint density at radius 2 is 1.96 bits per heavy atom. The van der Waals surface area contributed by atoms with Crippen molar-refractivity contribution in [2.45, 2.75) is 33.8 Å². The summed E-state index contributed by atoms with van der Waals surface area (Å²) >= 11 is 7.55. The van der Waals surface area contributed by atoms with Gasteiger partial charge >= 0.3 is 5.97 Å². The van der Waals surface area contributed by atoms with Crippen LogP contribution >= 0.6 is 22.9 Å². The number of ether oxygens (including phenoxy) is 1. The second kappa shape index (κ2) is 7.15. The third-order valence-electron chi connectivity index (χ3n) is 3.44. The van der Waals surface area contributed by atoms with Crippen molar-refractivity contribution in [2.75, 3.05) is 5.32 Å². The molecule has 23 heavy (non-hydrogen) atoms. The Morgan fingerprint density at radius 1 is 1.26 bits per heavy atom. The first-order chi connectivity index (χ1) is 10.8. The summed E-state index contributed by atoms with van der Waals surface area (Å²) in [5.74, 6) is -0.884. The number of nitrogens with one attached hydrogen (secondary N) is 1. The summed E-state index contributed by atoms with van der Waals surface area (Å²) in [7, 11) is 0. The van der Waals surface area contributed by atoms with Gasteiger partial charge < -0.3 is 10.1 Å². The van der Waals surface area contributed by atoms with E-state index in [1.165, 1.54) is 11.3 Å². The van der Waals surface area contributed by atoms with Gasteiger partial charge in [-0.25, -0.2) is 4.79 Å². The van der Waals surface area contributed by atoms with Crippen LogP contribution in [0.2, 0.25) is 5.02 Å². The van der Waals surface area contributed by atoms with Crippen LogP contribution in [-0.4, -0.2) is 18.0 Å². The molecule has 0 saturated carbocycles. The molecule has 0 fully saturated rings. The fourth-order valence-corrected chi connectivity index (χ4v) is 3.17. The quantitative estimate of drug-likeness (QED) is 0.824. The lowest BCUT2D eigenvalue weighted by Crippen LogP contribution is -2.30. The van der Waals surface area contributed by atoms with E-state index in [-0.39, 0.29) is 0 Å². The van der Waals surface area contributed by atoms with Gasteiger partial charge in [0.25, 0.3) is 5.91 Å². The van der Waals surface area contributed by atoms with E-state index in [2.05, 4.69) is 5.32 Å². The first-order valence-electron chi connectivity index (χ1n) is 7.13. The van der Waals surface area contributed by atoms with Gasteiger partial charge in [0.15, 0.2) is 6.10 Å². The van der Waals surface area contributed by atoms with Crippen molar-refractivity contribution in [2.24, 2.45) is 0 Å². The maximum absolute atomic E-state index is 12.2. The number of hydrogen-bond donors (Lipinski definition) is 1. The summed E-state index contributed by atoms with van der Waals surface area (Å²) in [5.41, 5.74) is 1.88. The lowest BCUT2D eigenvalue weighted by atomic mass is 10.2. The van der Waals surface area contributed by atoms with Crippen LogP contribution in [0.25, 0.3) is 0 Å². The number of halogens is 1. The predicted octanol–water partition coefficient (Wildman–Crippen LogP) is 4.51. The second-order valence-corrected chi connectivity index (χ2v) is 7.14. The van der Waals surface area contributed by atoms with Gasteiger partial charge in [0.2, 0.25) is 0 Å². The molecule has 1 aromatic carbocycles. The molecule has 6 heteroatoms. The van der Waals surface area contributed by atoms with Gasteiger partial charge in [0, 0.05) is 20.5 Å². The monoisotopic (exact) mass is 351 g/mol. The molecule has 1 heterocycles. The predicted molar refractivity (Wildman–Crippen MR) is 93.5 cm³/mol. The van der Waals surface area contributed by atoms with E-state index in [4.69, 9.17) is 16.3 Å². The molecular formula is C17H18ClNO3S. The lowest BCUT2D eigenvalue weighted by Gasteiger charge is -2.15. The topological polar surface area (TPSA) is 55.4 Å². The highest BCUT2D eigenvalue weighted by atomic mass is 35.5. The highest BCUT2D eigenvalue weighted by molar-refractivity contribution is 7.12. The number of anilines is 1. The maximum Gasteiger partial charge on any atom is 0.340 e. The van der Waals surface area contributed by atoms with Crippen molar-refractivity contribution in [1.29, 1.82) is 0 Å². The molecule has 1 amide bonds. The van der Waals surface area contributed by atoms with Gasteiger partial charge in [-0.2, -0.15) is 0 Å². The van der Waals surface area contributed by atoms with Crippen molar-refractivity contribution < 1.29 is 14.3 Å². The summed E-state index contributed by atoms with van der Waals surface area (Å²) in [6.45, 7) is 7.13. The van der Waals surface area contributed by atoms with Gasteiger partial charge in [-0.05, 0) is 51.5 Å². The minimum Gasteiger partial charge on any atom is -0.449 e. The zero-order valence-electron chi connectivity index (χ0n) is 13.4. The summed E-state index contributed by atoms with van der Waals surface area (Å²) in [6.07, 6.45) is -0.902. The van der Waals surface area contributed by atoms with Gasteiger partial charge in [0.05, 0.1) is 5.56 Å². The molecule has 0 saturated heterocycles. The molecule has 0 aliphatic heterocycles. The van der Waals surface area contributed by atoms with Crippen molar-refractivity contribution in [1.82, 2.24) is 0 Å². The number of amides is 1. The van der Waals surface area contributed by atoms with E-state index in [0.29, 0.717) is 16.3 Å². The highest BCUT2D eigenvalue weighted by Crippen LogP contribution is 2.24. The maximum atomic E-state index is 12.2. The molecule has 0 aliphatic carbocycles. The Labute approximate surface area is 144 Å². The Balaban J connectivity index is 2.04. The average molecular weight is 352 g/mol. The first-order valence-corrected chi connectivity index (χ1v) is 8.33. The standard InChI is InChI=1S/C17H18ClNO3S/c1-9-8-13(12(4)23-9)17(21)22-11(3)16(20)19-15-7-5-6-14(18)10(15)2/h5-8,11H,1-4H3,(H,19,20)/t11-/m0/s1. The van der Waals surface area contributed by atoms with Crippen molar-refractivity contribution in [3.05, 3.63) is 50.2 Å². The molecule has 2 aromatic rings. The van der Waals surface area contributed by atoms with Gasteiger partial charge in [0.1, 0.15) is 0 Å². The number of aryl methyl sites for hydroxylation is 2. The molecule has 2 rings (SSSR count). The minimum atomic E-state index is -0.902. The summed E-state index contributed by atoms with van der Waals surface area (Å²) < 4.78 is 5.26. The number of rotatable bonds is 4. The summed E-state index contributed by atoms with van der Waals surface area (Å²) in [6, 6.07) is 7.02. The van der Waals surface area contributed by atoms with Crippen LogP contribution in [0, 0.1) is 20.8 Å². The molecule has 1 atom stereocenters. The van der Waals surface area contributed by atoms with E-state index in [1.807, 2.05) is 20.8 Å². The molecular weight excluding hydrogens is 334 g/mol. The molecule has 0 bridgehead atoms. The van der Waals surface area contributed by atoms with E-state index in [0.717, 1.165) is 15.3 Å². The fourth-order valence-electron chi connectivity index (χ4n) is 2.09. The smallest absolute Gasteiger partial charge is 0.340 e. The molecule has 1 aromatic heterocycles. The average Bonchev–Trinajstić information content (AvgIpc) is 2.82. The van der Waals surface area contributed by atoms with Gasteiger partial charge in [-0.1, -0.05) is 17.7 Å². The Bertz CT molecular complexity index is 754. The molecule has 0 spiro atoms. The van der Waals surface area contributed by atoms with E-state index in [9.17, 15) is 9.59 Å². The van der Waals surface area contributed by atoms with Crippen LogP contribution in [0.5, 0.6) is 0 Å². The number of thiophene rings is 1.